The van der Waals surface area contributed by atoms with Gasteiger partial charge < -0.3 is 91.5 Å². The van der Waals surface area contributed by atoms with Gasteiger partial charge in [0.1, 0.15) is 49.3 Å². The number of nitrogens with one attached hydrogen (secondary N) is 2. The minimum atomic E-state index is -2.88. The summed E-state index contributed by atoms with van der Waals surface area (Å²) in [5.41, 5.74) is 9.34. The van der Waals surface area contributed by atoms with Crippen molar-refractivity contribution in [3.63, 3.8) is 0 Å². The van der Waals surface area contributed by atoms with Crippen LogP contribution in [-0.4, -0.2) is 216 Å². The highest BCUT2D eigenvalue weighted by molar-refractivity contribution is 5.79. The van der Waals surface area contributed by atoms with Gasteiger partial charge in [-0.15, -0.1) is 0 Å². The van der Waals surface area contributed by atoms with Crippen LogP contribution in [0.25, 0.3) is 10.4 Å². The molecule has 3 heterocycles. The number of nitrogens with zero attached hydrogens (tertiary/aromatic N) is 3. The molecule has 3 aliphatic heterocycles. The standard InChI is InChI=1S/C51H71N5O27/c1-25(57)54-39-35(74-28(4)60)20-51(50(67)68-10,83-45(39)43(76-30(6)62)38(75-29(5)61)23-72-27(3)59)73-24-36-41(66)46(78-32(8)64)47(79-33(9)65)49(80-36)82-42-37(22-70-21-34-14-12-11-13-15-34)81-48(71-19-18-69-17-16-53-56-52)40(55-26(2)58)44(42)77-31(7)63/h11-15,35-49,66H,16-24H2,1-10H3,(H,54,57)(H,55,58)/t35-,36+,37+,38+,39+,40+,41-,42+,43+,44+,45+,46-,47+,48+,49-,51-/m0/s1. The highest BCUT2D eigenvalue weighted by Crippen LogP contribution is 2.39. The molecule has 3 fully saturated rings. The van der Waals surface area contributed by atoms with Gasteiger partial charge in [-0.2, -0.15) is 0 Å². The maximum absolute atomic E-state index is 14.3. The number of hydrogen-bond acceptors (Lipinski definition) is 28. The number of carbonyl (C=O) groups is 10. The van der Waals surface area contributed by atoms with Crippen LogP contribution >= 0.6 is 0 Å². The fraction of sp³-hybridized carbons (Fsp3) is 0.686. The lowest BCUT2D eigenvalue weighted by Gasteiger charge is -2.50. The van der Waals surface area contributed by atoms with Crippen LogP contribution in [0.2, 0.25) is 0 Å². The van der Waals surface area contributed by atoms with E-state index in [1.807, 2.05) is 0 Å². The second-order valence-corrected chi connectivity index (χ2v) is 18.8. The summed E-state index contributed by atoms with van der Waals surface area (Å²) < 4.78 is 93.7. The van der Waals surface area contributed by atoms with Crippen molar-refractivity contribution in [1.82, 2.24) is 10.6 Å². The number of methoxy groups -OCH3 is 1. The number of benzene rings is 1. The Morgan fingerprint density at radius 3 is 1.87 bits per heavy atom. The van der Waals surface area contributed by atoms with E-state index >= 15 is 0 Å². The summed E-state index contributed by atoms with van der Waals surface area (Å²) >= 11 is 0. The normalized spacial score (nSPS) is 28.2. The molecule has 0 aromatic heterocycles. The molecule has 1 aromatic rings. The molecule has 4 rings (SSSR count). The summed E-state index contributed by atoms with van der Waals surface area (Å²) in [6, 6.07) is 5.82. The molecule has 0 spiro atoms. The van der Waals surface area contributed by atoms with E-state index in [1.54, 1.807) is 30.3 Å². The van der Waals surface area contributed by atoms with Gasteiger partial charge in [0.2, 0.25) is 11.8 Å². The molecule has 2 amide bonds. The Morgan fingerprint density at radius 1 is 0.687 bits per heavy atom. The van der Waals surface area contributed by atoms with Crippen molar-refractivity contribution in [2.75, 3.05) is 53.3 Å². The van der Waals surface area contributed by atoms with Crippen LogP contribution in [-0.2, 0) is 130 Å². The molecule has 1 aromatic carbocycles. The molecule has 32 nitrogen and oxygen atoms in total. The van der Waals surface area contributed by atoms with Gasteiger partial charge in [0.15, 0.2) is 43.1 Å². The Morgan fingerprint density at radius 2 is 1.29 bits per heavy atom. The zero-order valence-corrected chi connectivity index (χ0v) is 47.3. The number of ether oxygens (including phenoxy) is 16. The average Bonchev–Trinajstić information content (AvgIpc) is 3.43. The Kier molecular flexibility index (Phi) is 27.4. The van der Waals surface area contributed by atoms with Gasteiger partial charge in [0.25, 0.3) is 5.79 Å². The molecule has 0 unspecified atom stereocenters. The van der Waals surface area contributed by atoms with E-state index in [4.69, 9.17) is 81.3 Å². The maximum Gasteiger partial charge on any atom is 0.366 e. The number of aliphatic hydroxyl groups is 1. The molecule has 32 heteroatoms. The van der Waals surface area contributed by atoms with Crippen LogP contribution in [0.3, 0.4) is 0 Å². The molecular weight excluding hydrogens is 1110 g/mol. The molecule has 3 saturated heterocycles. The number of azide groups is 1. The number of aliphatic hydroxyl groups excluding tert-OH is 1. The average molecular weight is 1190 g/mol. The Labute approximate surface area is 475 Å². The topological polar surface area (TPSA) is 411 Å². The summed E-state index contributed by atoms with van der Waals surface area (Å²) in [5, 5.41) is 20.7. The highest BCUT2D eigenvalue weighted by atomic mass is 16.8. The van der Waals surface area contributed by atoms with Crippen LogP contribution in [0.4, 0.5) is 0 Å². The number of esters is 8. The molecule has 83 heavy (non-hydrogen) atoms. The SMILES string of the molecule is COC(=O)[C@]1(OC[C@H]2O[C@@H](O[C@H]3[C@H](OC(C)=O)[C@@H](NC(C)=O)[C@H](OCCOCCN=[N+]=[N-])O[C@@H]3COCc3ccccc3)[C@H](OC(C)=O)[C@@H](OC(C)=O)[C@H]2O)C[C@H](OC(C)=O)[C@@H](NC(C)=O)[C@H]([C@H](OC(C)=O)[C@@H](COC(C)=O)OC(C)=O)O1. The number of hydrogen-bond donors (Lipinski definition) is 3. The molecule has 16 atom stereocenters. The van der Waals surface area contributed by atoms with E-state index in [1.165, 1.54) is 0 Å². The van der Waals surface area contributed by atoms with Crippen LogP contribution < -0.4 is 10.6 Å². The summed E-state index contributed by atoms with van der Waals surface area (Å²) in [4.78, 5) is 132. The molecule has 462 valence electrons. The smallest absolute Gasteiger partial charge is 0.366 e. The second-order valence-electron chi connectivity index (χ2n) is 18.8. The first-order valence-electron chi connectivity index (χ1n) is 25.9. The fourth-order valence-corrected chi connectivity index (χ4v) is 9.11. The van der Waals surface area contributed by atoms with Crippen molar-refractivity contribution in [2.45, 2.75) is 173 Å². The van der Waals surface area contributed by atoms with Gasteiger partial charge in [-0.25, -0.2) is 4.79 Å². The highest BCUT2D eigenvalue weighted by Gasteiger charge is 2.61. The summed E-state index contributed by atoms with van der Waals surface area (Å²) in [6.07, 6.45) is -24.3. The minimum absolute atomic E-state index is 0.00814. The lowest BCUT2D eigenvalue weighted by Crippen LogP contribution is -2.70. The summed E-state index contributed by atoms with van der Waals surface area (Å²) in [5.74, 6) is -12.7. The molecule has 0 saturated carbocycles. The van der Waals surface area contributed by atoms with Gasteiger partial charge in [0.05, 0.1) is 59.2 Å². The van der Waals surface area contributed by atoms with Crippen molar-refractivity contribution in [2.24, 2.45) is 5.11 Å². The van der Waals surface area contributed by atoms with Crippen LogP contribution in [0, 0.1) is 0 Å². The lowest BCUT2D eigenvalue weighted by molar-refractivity contribution is -0.361. The monoisotopic (exact) mass is 1190 g/mol. The lowest BCUT2D eigenvalue weighted by atomic mass is 9.87. The van der Waals surface area contributed by atoms with Gasteiger partial charge in [-0.1, -0.05) is 35.4 Å². The molecule has 0 aliphatic carbocycles. The second kappa shape index (κ2) is 33.2. The van der Waals surface area contributed by atoms with E-state index in [0.717, 1.165) is 69.4 Å². The molecule has 0 bridgehead atoms. The van der Waals surface area contributed by atoms with Crippen LogP contribution in [0.1, 0.15) is 74.3 Å². The van der Waals surface area contributed by atoms with Gasteiger partial charge in [-0.3, -0.25) is 43.2 Å². The minimum Gasteiger partial charge on any atom is -0.465 e. The van der Waals surface area contributed by atoms with Gasteiger partial charge in [0, 0.05) is 73.8 Å². The Bertz CT molecular complexity index is 2450. The maximum atomic E-state index is 14.3. The van der Waals surface area contributed by atoms with E-state index in [2.05, 4.69) is 20.7 Å². The molecular formula is C51H71N5O27. The van der Waals surface area contributed by atoms with E-state index in [-0.39, 0.29) is 33.0 Å². The number of rotatable bonds is 29. The predicted octanol–water partition coefficient (Wildman–Crippen LogP) is -0.420. The third-order valence-electron chi connectivity index (χ3n) is 12.1. The zero-order valence-electron chi connectivity index (χ0n) is 47.3. The van der Waals surface area contributed by atoms with Crippen LogP contribution in [0.15, 0.2) is 35.4 Å². The summed E-state index contributed by atoms with van der Waals surface area (Å²) in [6.45, 7) is 6.54. The number of carbonyl (C=O) groups excluding carboxylic acids is 10. The molecule has 3 N–H and O–H groups in total. The van der Waals surface area contributed by atoms with Crippen molar-refractivity contribution in [3.8, 4) is 0 Å². The summed E-state index contributed by atoms with van der Waals surface area (Å²) in [7, 11) is 0.895. The largest absolute Gasteiger partial charge is 0.465 e. The van der Waals surface area contributed by atoms with E-state index < -0.39 is 183 Å². The fourth-order valence-electron chi connectivity index (χ4n) is 9.11. The third kappa shape index (κ3) is 21.2. The van der Waals surface area contributed by atoms with Crippen molar-refractivity contribution < 1.29 is 129 Å². The predicted molar refractivity (Wildman–Crippen MR) is 270 cm³/mol. The van der Waals surface area contributed by atoms with Gasteiger partial charge in [-0.05, 0) is 11.1 Å². The number of amides is 2. The van der Waals surface area contributed by atoms with Crippen molar-refractivity contribution in [3.05, 3.63) is 46.3 Å². The quantitative estimate of drug-likeness (QED) is 0.0229. The van der Waals surface area contributed by atoms with Crippen molar-refractivity contribution >= 4 is 59.6 Å². The molecule has 0 radical (unpaired) electrons. The first-order valence-corrected chi connectivity index (χ1v) is 25.9. The third-order valence-corrected chi connectivity index (χ3v) is 12.1. The Hall–Kier alpha value is -7.13. The zero-order chi connectivity index (χ0) is 61.6. The van der Waals surface area contributed by atoms with Crippen molar-refractivity contribution in [1.29, 1.82) is 0 Å². The first kappa shape index (κ1) is 68.4. The van der Waals surface area contributed by atoms with E-state index in [9.17, 15) is 53.1 Å². The first-order chi connectivity index (χ1) is 39.3. The van der Waals surface area contributed by atoms with Crippen LogP contribution in [0.5, 0.6) is 0 Å². The Balaban J connectivity index is 1.89. The van der Waals surface area contributed by atoms with E-state index in [0.29, 0.717) is 5.56 Å². The van der Waals surface area contributed by atoms with Gasteiger partial charge >= 0.3 is 47.8 Å². The molecule has 3 aliphatic rings.